The van der Waals surface area contributed by atoms with Gasteiger partial charge in [0.1, 0.15) is 6.07 Å². The smallest absolute Gasteiger partial charge is 0.101 e. The molecule has 4 heteroatoms. The third kappa shape index (κ3) is 5.13. The van der Waals surface area contributed by atoms with Crippen LogP contribution in [-0.4, -0.2) is 4.98 Å². The summed E-state index contributed by atoms with van der Waals surface area (Å²) in [5, 5.41) is 9.39. The average molecular weight is 821 g/mol. The first-order valence-electron chi connectivity index (χ1n) is 22.1. The summed E-state index contributed by atoms with van der Waals surface area (Å²) in [7, 11) is 0. The zero-order valence-electron chi connectivity index (χ0n) is 36.3. The van der Waals surface area contributed by atoms with Gasteiger partial charge in [0.25, 0.3) is 0 Å². The number of fused-ring (bicyclic) bond motifs is 14. The molecule has 3 aliphatic rings. The lowest BCUT2D eigenvalue weighted by Crippen LogP contribution is -2.49. The van der Waals surface area contributed by atoms with Gasteiger partial charge in [0.15, 0.2) is 0 Å². The number of aromatic nitrogens is 1. The normalized spacial score (nSPS) is 14.4. The molecule has 0 radical (unpaired) electrons. The number of nitrogens with zero attached hydrogens (tertiary/aromatic N) is 4. The topological polar surface area (TPSA) is 43.2 Å². The third-order valence-corrected chi connectivity index (χ3v) is 14.0. The Balaban J connectivity index is 1.17. The van der Waals surface area contributed by atoms with Crippen molar-refractivity contribution in [2.45, 2.75) is 38.5 Å². The standard InChI is InChI=1S/C60H44N4/c1-38-18-28-55-50(32-38)59(51-33-39(2)19-29-56(51)63(55)44-12-6-5-7-13-44)46-14-8-10-16-48(46)60(49-17-11-9-15-47(49)59)52-34-40(3)20-30-57(52)64(58-31-21-41(4)35-53(58)60)45-25-23-43(24-26-45)54-27-22-42(36-61)37-62-54/h5-35,37H,1-4H3. The lowest BCUT2D eigenvalue weighted by atomic mass is 9.48. The fraction of sp³-hybridized carbons (Fsp3) is 0.100. The van der Waals surface area contributed by atoms with Gasteiger partial charge in [0, 0.05) is 23.1 Å². The van der Waals surface area contributed by atoms with E-state index in [1.165, 1.54) is 78.1 Å². The summed E-state index contributed by atoms with van der Waals surface area (Å²) in [6, 6.07) is 72.4. The minimum Gasteiger partial charge on any atom is -0.310 e. The monoisotopic (exact) mass is 820 g/mol. The molecule has 0 fully saturated rings. The molecule has 2 spiro atoms. The van der Waals surface area contributed by atoms with E-state index in [-0.39, 0.29) is 0 Å². The van der Waals surface area contributed by atoms with Gasteiger partial charge >= 0.3 is 0 Å². The molecule has 12 rings (SSSR count). The lowest BCUT2D eigenvalue weighted by Gasteiger charge is -2.56. The van der Waals surface area contributed by atoms with Crippen molar-refractivity contribution in [1.82, 2.24) is 4.98 Å². The molecule has 4 nitrogen and oxygen atoms in total. The Bertz CT molecular complexity index is 3240. The minimum atomic E-state index is -0.672. The Morgan fingerprint density at radius 2 is 0.766 bits per heavy atom. The highest BCUT2D eigenvalue weighted by molar-refractivity contribution is 5.96. The molecule has 9 aromatic rings. The Morgan fingerprint density at radius 1 is 0.391 bits per heavy atom. The maximum Gasteiger partial charge on any atom is 0.101 e. The SMILES string of the molecule is Cc1ccc2c(c1)C1(c3cc(C)ccc3N2c2ccccc2)c2ccccc2C2(c3cc(C)ccc3N(c3ccc(-c4ccc(C#N)cn4)cc3)c3ccc(C)cc32)c2ccccc21. The van der Waals surface area contributed by atoms with Crippen LogP contribution in [0.4, 0.5) is 34.1 Å². The fourth-order valence-electron chi connectivity index (χ4n) is 11.4. The second-order valence-corrected chi connectivity index (χ2v) is 17.8. The molecule has 0 saturated heterocycles. The molecule has 0 amide bonds. The van der Waals surface area contributed by atoms with Gasteiger partial charge in [-0.1, -0.05) is 150 Å². The number of aryl methyl sites for hydroxylation is 4. The first-order valence-corrected chi connectivity index (χ1v) is 22.1. The van der Waals surface area contributed by atoms with Crippen LogP contribution in [0.25, 0.3) is 11.3 Å². The summed E-state index contributed by atoms with van der Waals surface area (Å²) >= 11 is 0. The number of pyridine rings is 1. The molecule has 1 aliphatic carbocycles. The number of hydrogen-bond donors (Lipinski definition) is 0. The summed E-state index contributed by atoms with van der Waals surface area (Å²) in [4.78, 5) is 9.54. The van der Waals surface area contributed by atoms with Crippen molar-refractivity contribution in [1.29, 1.82) is 5.26 Å². The molecular weight excluding hydrogens is 777 g/mol. The van der Waals surface area contributed by atoms with Crippen LogP contribution in [0, 0.1) is 39.0 Å². The van der Waals surface area contributed by atoms with Gasteiger partial charge in [-0.3, -0.25) is 4.98 Å². The van der Waals surface area contributed by atoms with Crippen LogP contribution in [0.5, 0.6) is 0 Å². The highest BCUT2D eigenvalue weighted by Crippen LogP contribution is 2.68. The fourth-order valence-corrected chi connectivity index (χ4v) is 11.4. The summed E-state index contributed by atoms with van der Waals surface area (Å²) in [6.07, 6.45) is 1.64. The first kappa shape index (κ1) is 37.7. The van der Waals surface area contributed by atoms with Gasteiger partial charge in [-0.15, -0.1) is 0 Å². The van der Waals surface area contributed by atoms with E-state index < -0.39 is 10.8 Å². The van der Waals surface area contributed by atoms with Crippen molar-refractivity contribution in [3.05, 3.63) is 267 Å². The second-order valence-electron chi connectivity index (χ2n) is 17.8. The van der Waals surface area contributed by atoms with Crippen molar-refractivity contribution in [3.63, 3.8) is 0 Å². The maximum absolute atomic E-state index is 9.39. The molecule has 304 valence electrons. The van der Waals surface area contributed by atoms with E-state index in [0.717, 1.165) is 34.0 Å². The zero-order chi connectivity index (χ0) is 43.3. The summed E-state index contributed by atoms with van der Waals surface area (Å²) in [6.45, 7) is 8.91. The number of rotatable bonds is 3. The number of para-hydroxylation sites is 1. The molecule has 3 heterocycles. The van der Waals surface area contributed by atoms with E-state index >= 15 is 0 Å². The van der Waals surface area contributed by atoms with Crippen LogP contribution < -0.4 is 9.80 Å². The van der Waals surface area contributed by atoms with Crippen molar-refractivity contribution in [2.24, 2.45) is 0 Å². The number of anilines is 6. The van der Waals surface area contributed by atoms with E-state index in [1.54, 1.807) is 6.20 Å². The van der Waals surface area contributed by atoms with E-state index in [1.807, 2.05) is 12.1 Å². The van der Waals surface area contributed by atoms with Gasteiger partial charge in [-0.05, 0) is 133 Å². The van der Waals surface area contributed by atoms with E-state index in [9.17, 15) is 5.26 Å². The van der Waals surface area contributed by atoms with Gasteiger partial charge < -0.3 is 9.80 Å². The summed E-state index contributed by atoms with van der Waals surface area (Å²) in [5.74, 6) is 0. The molecular formula is C60H44N4. The van der Waals surface area contributed by atoms with Crippen molar-refractivity contribution in [2.75, 3.05) is 9.80 Å². The highest BCUT2D eigenvalue weighted by atomic mass is 15.2. The van der Waals surface area contributed by atoms with Crippen molar-refractivity contribution < 1.29 is 0 Å². The molecule has 2 aliphatic heterocycles. The summed E-state index contributed by atoms with van der Waals surface area (Å²) < 4.78 is 0. The molecule has 8 aromatic carbocycles. The van der Waals surface area contributed by atoms with Gasteiger partial charge in [0.05, 0.1) is 44.8 Å². The van der Waals surface area contributed by atoms with Crippen LogP contribution in [-0.2, 0) is 10.8 Å². The number of nitriles is 1. The van der Waals surface area contributed by atoms with Crippen LogP contribution >= 0.6 is 0 Å². The van der Waals surface area contributed by atoms with Gasteiger partial charge in [-0.25, -0.2) is 0 Å². The van der Waals surface area contributed by atoms with Gasteiger partial charge in [0.2, 0.25) is 0 Å². The predicted octanol–water partition coefficient (Wildman–Crippen LogP) is 14.5. The molecule has 0 bridgehead atoms. The van der Waals surface area contributed by atoms with E-state index in [0.29, 0.717) is 5.56 Å². The van der Waals surface area contributed by atoms with Crippen LogP contribution in [0.2, 0.25) is 0 Å². The Kier molecular flexibility index (Phi) is 8.26. The highest BCUT2D eigenvalue weighted by Gasteiger charge is 2.59. The van der Waals surface area contributed by atoms with Crippen LogP contribution in [0.15, 0.2) is 194 Å². The molecule has 1 aromatic heterocycles. The quantitative estimate of drug-likeness (QED) is 0.178. The second kappa shape index (κ2) is 14.0. The lowest BCUT2D eigenvalue weighted by molar-refractivity contribution is 0.606. The predicted molar refractivity (Wildman–Crippen MR) is 260 cm³/mol. The van der Waals surface area contributed by atoms with Crippen LogP contribution in [0.1, 0.15) is 72.3 Å². The van der Waals surface area contributed by atoms with Crippen molar-refractivity contribution >= 4 is 34.1 Å². The number of benzene rings is 8. The van der Waals surface area contributed by atoms with Crippen molar-refractivity contribution in [3.8, 4) is 17.3 Å². The molecule has 0 N–H and O–H groups in total. The Morgan fingerprint density at radius 3 is 1.12 bits per heavy atom. The third-order valence-electron chi connectivity index (χ3n) is 14.0. The van der Waals surface area contributed by atoms with Crippen LogP contribution in [0.3, 0.4) is 0 Å². The zero-order valence-corrected chi connectivity index (χ0v) is 36.3. The molecule has 0 atom stereocenters. The maximum atomic E-state index is 9.39. The molecule has 64 heavy (non-hydrogen) atoms. The average Bonchev–Trinajstić information content (AvgIpc) is 3.33. The Hall–Kier alpha value is -8.00. The first-order chi connectivity index (χ1) is 31.3. The summed E-state index contributed by atoms with van der Waals surface area (Å²) in [5.41, 5.74) is 23.1. The molecule has 0 unspecified atom stereocenters. The van der Waals surface area contributed by atoms with E-state index in [2.05, 4.69) is 224 Å². The molecule has 0 saturated carbocycles. The largest absolute Gasteiger partial charge is 0.310 e. The van der Waals surface area contributed by atoms with Gasteiger partial charge in [-0.2, -0.15) is 5.26 Å². The minimum absolute atomic E-state index is 0.550. The van der Waals surface area contributed by atoms with E-state index in [4.69, 9.17) is 0 Å². The number of hydrogen-bond acceptors (Lipinski definition) is 4. The Labute approximate surface area is 375 Å².